The number of carbonyl (C=O) groups excluding carboxylic acids is 2. The van der Waals surface area contributed by atoms with Crippen molar-refractivity contribution >= 4 is 35.3 Å². The SMILES string of the molecule is O=C(CSc1nnc(-c2ccccc2Cl)n1-c1ccccc1F)NC(=O)NC1CCCC1. The van der Waals surface area contributed by atoms with Gasteiger partial charge in [0.2, 0.25) is 5.91 Å². The molecule has 0 aliphatic heterocycles. The summed E-state index contributed by atoms with van der Waals surface area (Å²) in [6.07, 6.45) is 4.00. The standard InChI is InChI=1S/C22H21ClFN5O2S/c23-16-10-4-3-9-15(16)20-27-28-22(29(20)18-12-6-5-11-17(18)24)32-13-19(30)26-21(31)25-14-7-1-2-8-14/h3-6,9-12,14H,1-2,7-8,13H2,(H2,25,26,30,31). The second kappa shape index (κ2) is 10.1. The smallest absolute Gasteiger partial charge is 0.321 e. The Labute approximate surface area is 193 Å². The molecular weight excluding hydrogens is 453 g/mol. The molecule has 32 heavy (non-hydrogen) atoms. The first-order chi connectivity index (χ1) is 15.5. The molecule has 10 heteroatoms. The topological polar surface area (TPSA) is 88.9 Å². The summed E-state index contributed by atoms with van der Waals surface area (Å²) in [5.74, 6) is -0.689. The van der Waals surface area contributed by atoms with E-state index in [0.717, 1.165) is 37.4 Å². The Morgan fingerprint density at radius 2 is 1.81 bits per heavy atom. The van der Waals surface area contributed by atoms with E-state index in [1.54, 1.807) is 42.5 Å². The molecule has 1 aromatic heterocycles. The molecule has 0 spiro atoms. The van der Waals surface area contributed by atoms with Gasteiger partial charge in [-0.3, -0.25) is 14.7 Å². The first-order valence-electron chi connectivity index (χ1n) is 10.2. The number of nitrogens with one attached hydrogen (secondary N) is 2. The number of para-hydroxylation sites is 1. The third-order valence-electron chi connectivity index (χ3n) is 5.12. The maximum atomic E-state index is 14.6. The highest BCUT2D eigenvalue weighted by molar-refractivity contribution is 7.99. The summed E-state index contributed by atoms with van der Waals surface area (Å²) in [6.45, 7) is 0. The predicted molar refractivity (Wildman–Crippen MR) is 121 cm³/mol. The minimum Gasteiger partial charge on any atom is -0.335 e. The average molecular weight is 474 g/mol. The Kier molecular flexibility index (Phi) is 7.06. The van der Waals surface area contributed by atoms with Gasteiger partial charge in [0.1, 0.15) is 5.82 Å². The molecule has 1 aliphatic carbocycles. The van der Waals surface area contributed by atoms with E-state index in [0.29, 0.717) is 21.6 Å². The number of hydrogen-bond donors (Lipinski definition) is 2. The summed E-state index contributed by atoms with van der Waals surface area (Å²) in [5, 5.41) is 14.2. The van der Waals surface area contributed by atoms with E-state index >= 15 is 0 Å². The van der Waals surface area contributed by atoms with Crippen LogP contribution in [-0.4, -0.2) is 38.5 Å². The number of imide groups is 1. The Bertz CT molecular complexity index is 1130. The molecule has 2 N–H and O–H groups in total. The Balaban J connectivity index is 1.54. The molecule has 166 valence electrons. The fraction of sp³-hybridized carbons (Fsp3) is 0.273. The van der Waals surface area contributed by atoms with E-state index in [1.165, 1.54) is 10.6 Å². The van der Waals surface area contributed by atoms with Gasteiger partial charge in [0.05, 0.1) is 16.5 Å². The first-order valence-corrected chi connectivity index (χ1v) is 11.6. The van der Waals surface area contributed by atoms with Gasteiger partial charge in [0.25, 0.3) is 0 Å². The van der Waals surface area contributed by atoms with Crippen molar-refractivity contribution in [3.05, 3.63) is 59.4 Å². The van der Waals surface area contributed by atoms with Crippen LogP contribution in [0.4, 0.5) is 9.18 Å². The number of urea groups is 1. The monoisotopic (exact) mass is 473 g/mol. The Morgan fingerprint density at radius 1 is 1.09 bits per heavy atom. The fourth-order valence-corrected chi connectivity index (χ4v) is 4.58. The van der Waals surface area contributed by atoms with E-state index in [2.05, 4.69) is 20.8 Å². The van der Waals surface area contributed by atoms with Crippen LogP contribution in [0.1, 0.15) is 25.7 Å². The molecule has 0 bridgehead atoms. The van der Waals surface area contributed by atoms with Crippen molar-refractivity contribution in [1.29, 1.82) is 0 Å². The quantitative estimate of drug-likeness (QED) is 0.511. The van der Waals surface area contributed by atoms with E-state index in [-0.39, 0.29) is 17.5 Å². The normalized spacial score (nSPS) is 13.8. The number of nitrogens with zero attached hydrogens (tertiary/aromatic N) is 3. The van der Waals surface area contributed by atoms with Crippen LogP contribution < -0.4 is 10.6 Å². The first kappa shape index (κ1) is 22.3. The number of halogens is 2. The lowest BCUT2D eigenvalue weighted by Crippen LogP contribution is -2.44. The summed E-state index contributed by atoms with van der Waals surface area (Å²) in [4.78, 5) is 24.3. The van der Waals surface area contributed by atoms with Crippen LogP contribution in [0.3, 0.4) is 0 Å². The molecule has 7 nitrogen and oxygen atoms in total. The molecule has 1 saturated carbocycles. The average Bonchev–Trinajstić information content (AvgIpc) is 3.43. The Hall–Kier alpha value is -2.91. The molecule has 0 atom stereocenters. The lowest BCUT2D eigenvalue weighted by atomic mass is 10.2. The maximum absolute atomic E-state index is 14.6. The molecule has 1 fully saturated rings. The van der Waals surface area contributed by atoms with Crippen LogP contribution in [-0.2, 0) is 4.79 Å². The van der Waals surface area contributed by atoms with Crippen molar-refractivity contribution in [2.24, 2.45) is 0 Å². The van der Waals surface area contributed by atoms with Gasteiger partial charge in [-0.2, -0.15) is 0 Å². The minimum atomic E-state index is -0.505. The van der Waals surface area contributed by atoms with Crippen molar-refractivity contribution in [3.63, 3.8) is 0 Å². The molecule has 0 radical (unpaired) electrons. The molecule has 3 aromatic rings. The van der Waals surface area contributed by atoms with Gasteiger partial charge in [-0.05, 0) is 37.1 Å². The number of carbonyl (C=O) groups is 2. The van der Waals surface area contributed by atoms with Crippen LogP contribution in [0.2, 0.25) is 5.02 Å². The lowest BCUT2D eigenvalue weighted by molar-refractivity contribution is -0.117. The number of aromatic nitrogens is 3. The van der Waals surface area contributed by atoms with Gasteiger partial charge in [-0.15, -0.1) is 10.2 Å². The second-order valence-electron chi connectivity index (χ2n) is 7.36. The van der Waals surface area contributed by atoms with Crippen LogP contribution >= 0.6 is 23.4 Å². The van der Waals surface area contributed by atoms with Crippen molar-refractivity contribution in [2.45, 2.75) is 36.9 Å². The highest BCUT2D eigenvalue weighted by Crippen LogP contribution is 2.32. The van der Waals surface area contributed by atoms with Crippen LogP contribution in [0.15, 0.2) is 53.7 Å². The Morgan fingerprint density at radius 3 is 2.56 bits per heavy atom. The molecule has 4 rings (SSSR count). The number of benzene rings is 2. The molecule has 1 heterocycles. The van der Waals surface area contributed by atoms with Gasteiger partial charge in [-0.25, -0.2) is 9.18 Å². The van der Waals surface area contributed by atoms with Crippen LogP contribution in [0.5, 0.6) is 0 Å². The van der Waals surface area contributed by atoms with Crippen LogP contribution in [0.25, 0.3) is 17.1 Å². The van der Waals surface area contributed by atoms with Gasteiger partial charge >= 0.3 is 6.03 Å². The predicted octanol–water partition coefficient (Wildman–Crippen LogP) is 4.59. The summed E-state index contributed by atoms with van der Waals surface area (Å²) in [6, 6.07) is 12.9. The summed E-state index contributed by atoms with van der Waals surface area (Å²) in [7, 11) is 0. The van der Waals surface area contributed by atoms with E-state index in [4.69, 9.17) is 11.6 Å². The molecule has 1 aliphatic rings. The number of rotatable bonds is 6. The van der Waals surface area contributed by atoms with Gasteiger partial charge in [0.15, 0.2) is 11.0 Å². The van der Waals surface area contributed by atoms with Crippen molar-refractivity contribution < 1.29 is 14.0 Å². The van der Waals surface area contributed by atoms with Crippen molar-refractivity contribution in [3.8, 4) is 17.1 Å². The van der Waals surface area contributed by atoms with Crippen LogP contribution in [0, 0.1) is 5.82 Å². The van der Waals surface area contributed by atoms with Gasteiger partial charge in [0, 0.05) is 11.6 Å². The second-order valence-corrected chi connectivity index (χ2v) is 8.71. The van der Waals surface area contributed by atoms with Gasteiger partial charge < -0.3 is 5.32 Å². The lowest BCUT2D eigenvalue weighted by Gasteiger charge is -2.13. The summed E-state index contributed by atoms with van der Waals surface area (Å²) in [5.41, 5.74) is 0.812. The summed E-state index contributed by atoms with van der Waals surface area (Å²) < 4.78 is 16.2. The zero-order valence-corrected chi connectivity index (χ0v) is 18.6. The van der Waals surface area contributed by atoms with Crippen molar-refractivity contribution in [2.75, 3.05) is 5.75 Å². The third-order valence-corrected chi connectivity index (χ3v) is 6.38. The molecular formula is C22H21ClFN5O2S. The van der Waals surface area contributed by atoms with Gasteiger partial charge in [-0.1, -0.05) is 60.5 Å². The molecule has 3 amide bonds. The zero-order chi connectivity index (χ0) is 22.5. The number of amides is 3. The van der Waals surface area contributed by atoms with E-state index < -0.39 is 17.8 Å². The minimum absolute atomic E-state index is 0.0901. The van der Waals surface area contributed by atoms with Crippen molar-refractivity contribution in [1.82, 2.24) is 25.4 Å². The van der Waals surface area contributed by atoms with E-state index in [9.17, 15) is 14.0 Å². The molecule has 2 aromatic carbocycles. The maximum Gasteiger partial charge on any atom is 0.321 e. The fourth-order valence-electron chi connectivity index (χ4n) is 3.62. The van der Waals surface area contributed by atoms with E-state index in [1.807, 2.05) is 0 Å². The zero-order valence-electron chi connectivity index (χ0n) is 17.1. The highest BCUT2D eigenvalue weighted by Gasteiger charge is 2.22. The third kappa shape index (κ3) is 5.11. The highest BCUT2D eigenvalue weighted by atomic mass is 35.5. The number of hydrogen-bond acceptors (Lipinski definition) is 5. The number of thioether (sulfide) groups is 1. The summed E-state index contributed by atoms with van der Waals surface area (Å²) >= 11 is 7.38. The largest absolute Gasteiger partial charge is 0.335 e. The molecule has 0 saturated heterocycles. The molecule has 0 unspecified atom stereocenters.